The van der Waals surface area contributed by atoms with Gasteiger partial charge in [0.25, 0.3) is 0 Å². The highest BCUT2D eigenvalue weighted by Gasteiger charge is 2.12. The molecule has 1 aromatic heterocycles. The van der Waals surface area contributed by atoms with E-state index in [9.17, 15) is 8.78 Å². The van der Waals surface area contributed by atoms with Crippen LogP contribution in [0, 0.1) is 0 Å². The molecule has 0 saturated carbocycles. The summed E-state index contributed by atoms with van der Waals surface area (Å²) in [5.41, 5.74) is 1.70. The third kappa shape index (κ3) is 7.91. The maximum Gasteiger partial charge on any atom is 0.387 e. The smallest absolute Gasteiger partial charge is 0.387 e. The van der Waals surface area contributed by atoms with Crippen LogP contribution in [-0.2, 0) is 20.1 Å². The minimum absolute atomic E-state index is 0. The van der Waals surface area contributed by atoms with E-state index in [1.807, 2.05) is 37.0 Å². The Morgan fingerprint density at radius 1 is 1.21 bits per heavy atom. The van der Waals surface area contributed by atoms with Crippen LogP contribution in [0.15, 0.2) is 41.7 Å². The number of benzene rings is 1. The molecule has 0 aliphatic rings. The summed E-state index contributed by atoms with van der Waals surface area (Å²) in [6.45, 7) is 0.473. The first-order valence-electron chi connectivity index (χ1n) is 8.77. The van der Waals surface area contributed by atoms with E-state index in [-0.39, 0.29) is 36.3 Å². The fourth-order valence-electron chi connectivity index (χ4n) is 2.45. The molecule has 0 aliphatic carbocycles. The molecule has 2 N–H and O–H groups in total. The molecule has 2 rings (SSSR count). The van der Waals surface area contributed by atoms with Crippen LogP contribution in [0.1, 0.15) is 24.5 Å². The van der Waals surface area contributed by atoms with Gasteiger partial charge in [0.2, 0.25) is 0 Å². The summed E-state index contributed by atoms with van der Waals surface area (Å²) in [5.74, 6) is 1.15. The Balaban J connectivity index is 0.00000392. The molecule has 0 spiro atoms. The normalized spacial score (nSPS) is 11.1. The highest BCUT2D eigenvalue weighted by molar-refractivity contribution is 14.0. The number of hydrogen-bond donors (Lipinski definition) is 2. The summed E-state index contributed by atoms with van der Waals surface area (Å²) in [7, 11) is 3.60. The fourth-order valence-corrected chi connectivity index (χ4v) is 2.45. The molecule has 0 unspecified atom stereocenters. The molecule has 2 aromatic rings. The van der Waals surface area contributed by atoms with Crippen LogP contribution in [-0.4, -0.2) is 30.8 Å². The van der Waals surface area contributed by atoms with Crippen molar-refractivity contribution in [3.63, 3.8) is 0 Å². The van der Waals surface area contributed by atoms with E-state index >= 15 is 0 Å². The Labute approximate surface area is 181 Å². The number of guanidine groups is 1. The number of aliphatic imine (C=N–C) groups is 1. The minimum Gasteiger partial charge on any atom is -0.493 e. The monoisotopic (exact) mass is 508 g/mol. The van der Waals surface area contributed by atoms with Gasteiger partial charge in [0.1, 0.15) is 11.5 Å². The summed E-state index contributed by atoms with van der Waals surface area (Å²) < 4.78 is 37.6. The van der Waals surface area contributed by atoms with Crippen LogP contribution >= 0.6 is 24.0 Å². The van der Waals surface area contributed by atoms with E-state index in [1.54, 1.807) is 19.2 Å². The quantitative estimate of drug-likeness (QED) is 0.307. The van der Waals surface area contributed by atoms with E-state index in [0.29, 0.717) is 30.4 Å². The molecule has 1 aromatic carbocycles. The number of rotatable bonds is 9. The molecule has 6 nitrogen and oxygen atoms in total. The number of aromatic nitrogens is 1. The summed E-state index contributed by atoms with van der Waals surface area (Å²) >= 11 is 0. The molecule has 156 valence electrons. The predicted octanol–water partition coefficient (Wildman–Crippen LogP) is 3.90. The number of aryl methyl sites for hydroxylation is 1. The molecule has 28 heavy (non-hydrogen) atoms. The van der Waals surface area contributed by atoms with Crippen LogP contribution in [0.3, 0.4) is 0 Å². The van der Waals surface area contributed by atoms with E-state index in [4.69, 9.17) is 4.74 Å². The minimum atomic E-state index is -2.90. The van der Waals surface area contributed by atoms with Gasteiger partial charge >= 0.3 is 6.61 Å². The third-order valence-corrected chi connectivity index (χ3v) is 3.75. The van der Waals surface area contributed by atoms with Gasteiger partial charge in [0.05, 0.1) is 6.61 Å². The zero-order chi connectivity index (χ0) is 19.6. The summed E-state index contributed by atoms with van der Waals surface area (Å²) in [6.07, 6.45) is 4.80. The molecule has 0 fully saturated rings. The summed E-state index contributed by atoms with van der Waals surface area (Å²) in [6, 6.07) is 6.94. The van der Waals surface area contributed by atoms with Crippen molar-refractivity contribution in [3.05, 3.63) is 47.8 Å². The van der Waals surface area contributed by atoms with E-state index < -0.39 is 6.61 Å². The Kier molecular flexibility index (Phi) is 10.6. The number of halogens is 3. The lowest BCUT2D eigenvalue weighted by molar-refractivity contribution is -0.0505. The topological polar surface area (TPSA) is 59.8 Å². The molecule has 0 radical (unpaired) electrons. The van der Waals surface area contributed by atoms with Gasteiger partial charge in [-0.05, 0) is 30.2 Å². The van der Waals surface area contributed by atoms with Crippen molar-refractivity contribution in [2.75, 3.05) is 13.7 Å². The maximum atomic E-state index is 12.7. The van der Waals surface area contributed by atoms with Crippen LogP contribution < -0.4 is 20.1 Å². The standard InChI is InChI=1S/C19H26F2N4O2.HI/c1-4-9-26-16-6-5-15(17(10-16)27-18(20)21)12-24-19(22-2)23-11-14-7-8-25(3)13-14;/h5-8,10,13,18H,4,9,11-12H2,1-3H3,(H2,22,23,24);1H. The van der Waals surface area contributed by atoms with E-state index in [0.717, 1.165) is 12.0 Å². The van der Waals surface area contributed by atoms with Gasteiger partial charge < -0.3 is 24.7 Å². The molecule has 0 atom stereocenters. The lowest BCUT2D eigenvalue weighted by Crippen LogP contribution is -2.36. The largest absolute Gasteiger partial charge is 0.493 e. The van der Waals surface area contributed by atoms with Gasteiger partial charge in [-0.25, -0.2) is 0 Å². The highest BCUT2D eigenvalue weighted by Crippen LogP contribution is 2.26. The first-order chi connectivity index (χ1) is 13.0. The van der Waals surface area contributed by atoms with Crippen LogP contribution in [0.4, 0.5) is 8.78 Å². The fraction of sp³-hybridized carbons (Fsp3) is 0.421. The average molecular weight is 508 g/mol. The first kappa shape index (κ1) is 24.0. The van der Waals surface area contributed by atoms with Crippen LogP contribution in [0.25, 0.3) is 0 Å². The van der Waals surface area contributed by atoms with Gasteiger partial charge in [-0.3, -0.25) is 4.99 Å². The van der Waals surface area contributed by atoms with E-state index in [2.05, 4.69) is 20.4 Å². The molecule has 0 bridgehead atoms. The zero-order valence-corrected chi connectivity index (χ0v) is 18.6. The molecule has 0 aliphatic heterocycles. The van der Waals surface area contributed by atoms with Crippen molar-refractivity contribution in [2.24, 2.45) is 12.0 Å². The SMILES string of the molecule is CCCOc1ccc(CNC(=NC)NCc2ccn(C)c2)c(OC(F)F)c1.I. The number of hydrogen-bond acceptors (Lipinski definition) is 3. The number of nitrogens with zero attached hydrogens (tertiary/aromatic N) is 2. The Morgan fingerprint density at radius 2 is 1.96 bits per heavy atom. The molecular weight excluding hydrogens is 481 g/mol. The first-order valence-corrected chi connectivity index (χ1v) is 8.77. The predicted molar refractivity (Wildman–Crippen MR) is 117 cm³/mol. The number of ether oxygens (including phenoxy) is 2. The summed E-state index contributed by atoms with van der Waals surface area (Å²) in [4.78, 5) is 4.15. The van der Waals surface area contributed by atoms with Gasteiger partial charge in [0, 0.05) is 51.2 Å². The van der Waals surface area contributed by atoms with Crippen molar-refractivity contribution in [2.45, 2.75) is 33.0 Å². The lowest BCUT2D eigenvalue weighted by atomic mass is 10.2. The molecule has 0 saturated heterocycles. The molecular formula is C19H27F2IN4O2. The van der Waals surface area contributed by atoms with Crippen LogP contribution in [0.5, 0.6) is 11.5 Å². The Morgan fingerprint density at radius 3 is 2.57 bits per heavy atom. The van der Waals surface area contributed by atoms with Crippen molar-refractivity contribution >= 4 is 29.9 Å². The Bertz CT molecular complexity index is 753. The van der Waals surface area contributed by atoms with E-state index in [1.165, 1.54) is 6.07 Å². The summed E-state index contributed by atoms with van der Waals surface area (Å²) in [5, 5.41) is 6.29. The zero-order valence-electron chi connectivity index (χ0n) is 16.2. The van der Waals surface area contributed by atoms with Gasteiger partial charge in [0.15, 0.2) is 5.96 Å². The average Bonchev–Trinajstić information content (AvgIpc) is 3.06. The van der Waals surface area contributed by atoms with Crippen molar-refractivity contribution in [3.8, 4) is 11.5 Å². The van der Waals surface area contributed by atoms with Gasteiger partial charge in [-0.2, -0.15) is 8.78 Å². The second-order valence-corrected chi connectivity index (χ2v) is 5.96. The van der Waals surface area contributed by atoms with Gasteiger partial charge in [-0.15, -0.1) is 24.0 Å². The number of alkyl halides is 2. The highest BCUT2D eigenvalue weighted by atomic mass is 127. The second kappa shape index (κ2) is 12.4. The van der Waals surface area contributed by atoms with Crippen molar-refractivity contribution in [1.29, 1.82) is 0 Å². The molecule has 0 amide bonds. The molecule has 9 heteroatoms. The van der Waals surface area contributed by atoms with Crippen molar-refractivity contribution in [1.82, 2.24) is 15.2 Å². The Hall–Kier alpha value is -2.04. The molecule has 1 heterocycles. The third-order valence-electron chi connectivity index (χ3n) is 3.75. The van der Waals surface area contributed by atoms with Crippen LogP contribution in [0.2, 0.25) is 0 Å². The lowest BCUT2D eigenvalue weighted by Gasteiger charge is -2.15. The second-order valence-electron chi connectivity index (χ2n) is 5.96. The maximum absolute atomic E-state index is 12.7. The number of nitrogens with one attached hydrogen (secondary N) is 2. The van der Waals surface area contributed by atoms with Crippen molar-refractivity contribution < 1.29 is 18.3 Å². The van der Waals surface area contributed by atoms with Gasteiger partial charge in [-0.1, -0.05) is 6.92 Å².